The minimum Gasteiger partial charge on any atom is -0.290 e. The topological polar surface area (TPSA) is 107 Å². The Balaban J connectivity index is 2.47. The molecule has 2 heterocycles. The highest BCUT2D eigenvalue weighted by atomic mass is 16.5. The first kappa shape index (κ1) is 11.6. The summed E-state index contributed by atoms with van der Waals surface area (Å²) in [5, 5.41) is 17.3. The Morgan fingerprint density at radius 2 is 2.28 bits per heavy atom. The van der Waals surface area contributed by atoms with Gasteiger partial charge < -0.3 is 0 Å². The maximum absolute atomic E-state index is 8.88. The highest BCUT2D eigenvalue weighted by Crippen LogP contribution is 2.18. The van der Waals surface area contributed by atoms with Gasteiger partial charge in [0.2, 0.25) is 0 Å². The standard InChI is InChI=1S/C11H8N6O/c12-5-8-6-14-11(9-3-1-2-4-13-9)17-10(8)15-7-16-18/h1-4,6-7,18H,(H,14,15,16,17). The van der Waals surface area contributed by atoms with Crippen molar-refractivity contribution in [1.29, 1.82) is 5.26 Å². The molecule has 7 heteroatoms. The average Bonchev–Trinajstić information content (AvgIpc) is 2.45. The van der Waals surface area contributed by atoms with Gasteiger partial charge in [-0.1, -0.05) is 6.07 Å². The van der Waals surface area contributed by atoms with Crippen LogP contribution in [-0.4, -0.2) is 26.5 Å². The number of rotatable bonds is 3. The molecule has 0 aromatic carbocycles. The second-order valence-corrected chi connectivity index (χ2v) is 3.14. The third-order valence-corrected chi connectivity index (χ3v) is 2.03. The van der Waals surface area contributed by atoms with Gasteiger partial charge in [0, 0.05) is 6.20 Å². The molecule has 0 radical (unpaired) electrons. The maximum Gasteiger partial charge on any atom is 0.180 e. The number of hydrogen-bond donors (Lipinski definition) is 2. The van der Waals surface area contributed by atoms with Crippen LogP contribution < -0.4 is 5.48 Å². The lowest BCUT2D eigenvalue weighted by atomic mass is 10.3. The second kappa shape index (κ2) is 5.47. The molecule has 0 saturated carbocycles. The van der Waals surface area contributed by atoms with Gasteiger partial charge in [-0.3, -0.25) is 15.7 Å². The van der Waals surface area contributed by atoms with Crippen LogP contribution in [0.1, 0.15) is 5.56 Å². The van der Waals surface area contributed by atoms with Gasteiger partial charge in [-0.25, -0.2) is 15.0 Å². The van der Waals surface area contributed by atoms with Gasteiger partial charge >= 0.3 is 0 Å². The molecule has 7 nitrogen and oxygen atoms in total. The fourth-order valence-corrected chi connectivity index (χ4v) is 1.26. The van der Waals surface area contributed by atoms with Crippen LogP contribution in [0.25, 0.3) is 11.5 Å². The third-order valence-electron chi connectivity index (χ3n) is 2.03. The molecule has 0 aliphatic carbocycles. The minimum atomic E-state index is 0.162. The van der Waals surface area contributed by atoms with Crippen LogP contribution >= 0.6 is 0 Å². The van der Waals surface area contributed by atoms with Gasteiger partial charge in [0.05, 0.1) is 6.20 Å². The predicted octanol–water partition coefficient (Wildman–Crippen LogP) is 1.05. The monoisotopic (exact) mass is 240 g/mol. The van der Waals surface area contributed by atoms with E-state index in [9.17, 15) is 0 Å². The number of nitrogens with one attached hydrogen (secondary N) is 1. The van der Waals surface area contributed by atoms with Gasteiger partial charge in [0.15, 0.2) is 11.6 Å². The number of hydrogen-bond acceptors (Lipinski definition) is 6. The molecule has 0 bridgehead atoms. The fraction of sp³-hybridized carbons (Fsp3) is 0. The Morgan fingerprint density at radius 3 is 2.94 bits per heavy atom. The first-order chi connectivity index (χ1) is 8.85. The van der Waals surface area contributed by atoms with Crippen molar-refractivity contribution in [3.05, 3.63) is 36.2 Å². The number of pyridine rings is 1. The van der Waals surface area contributed by atoms with Crippen molar-refractivity contribution in [3.8, 4) is 17.6 Å². The van der Waals surface area contributed by atoms with Crippen molar-refractivity contribution >= 4 is 12.2 Å². The molecule has 0 saturated heterocycles. The highest BCUT2D eigenvalue weighted by molar-refractivity contribution is 5.63. The van der Waals surface area contributed by atoms with Crippen molar-refractivity contribution in [2.24, 2.45) is 4.99 Å². The third kappa shape index (κ3) is 2.45. The van der Waals surface area contributed by atoms with Gasteiger partial charge in [0.1, 0.15) is 23.7 Å². The van der Waals surface area contributed by atoms with Crippen molar-refractivity contribution in [2.45, 2.75) is 0 Å². The van der Waals surface area contributed by atoms with Crippen molar-refractivity contribution in [2.75, 3.05) is 0 Å². The number of aromatic nitrogens is 3. The molecule has 0 aliphatic heterocycles. The van der Waals surface area contributed by atoms with E-state index in [2.05, 4.69) is 19.9 Å². The molecular formula is C11H8N6O. The lowest BCUT2D eigenvalue weighted by molar-refractivity contribution is 0.240. The van der Waals surface area contributed by atoms with E-state index in [0.29, 0.717) is 11.5 Å². The fourth-order valence-electron chi connectivity index (χ4n) is 1.26. The molecule has 18 heavy (non-hydrogen) atoms. The van der Waals surface area contributed by atoms with Crippen LogP contribution in [0, 0.1) is 11.3 Å². The number of hydroxylamine groups is 1. The molecule has 0 atom stereocenters. The quantitative estimate of drug-likeness (QED) is 0.471. The van der Waals surface area contributed by atoms with Crippen LogP contribution in [0.2, 0.25) is 0 Å². The molecule has 0 fully saturated rings. The zero-order chi connectivity index (χ0) is 12.8. The molecule has 2 aromatic rings. The SMILES string of the molecule is N#Cc1cnc(-c2ccccn2)nc1N=CNO. The van der Waals surface area contributed by atoms with Gasteiger partial charge in [-0.15, -0.1) is 0 Å². The molecule has 88 valence electrons. The van der Waals surface area contributed by atoms with E-state index >= 15 is 0 Å². The Labute approximate surface area is 102 Å². The minimum absolute atomic E-state index is 0.162. The van der Waals surface area contributed by atoms with Gasteiger partial charge in [-0.2, -0.15) is 5.26 Å². The summed E-state index contributed by atoms with van der Waals surface area (Å²) < 4.78 is 0. The Morgan fingerprint density at radius 1 is 1.39 bits per heavy atom. The summed E-state index contributed by atoms with van der Waals surface area (Å²) in [7, 11) is 0. The first-order valence-electron chi connectivity index (χ1n) is 4.96. The van der Waals surface area contributed by atoms with E-state index in [1.807, 2.05) is 12.1 Å². The normalized spacial score (nSPS) is 10.2. The molecule has 0 unspecified atom stereocenters. The van der Waals surface area contributed by atoms with E-state index in [4.69, 9.17) is 10.5 Å². The molecule has 2 N–H and O–H groups in total. The smallest absolute Gasteiger partial charge is 0.180 e. The maximum atomic E-state index is 8.88. The molecular weight excluding hydrogens is 232 g/mol. The molecule has 0 amide bonds. The van der Waals surface area contributed by atoms with Crippen LogP contribution in [0.15, 0.2) is 35.6 Å². The zero-order valence-corrected chi connectivity index (χ0v) is 9.15. The number of nitriles is 1. The molecule has 2 rings (SSSR count). The largest absolute Gasteiger partial charge is 0.290 e. The van der Waals surface area contributed by atoms with Crippen molar-refractivity contribution < 1.29 is 5.21 Å². The van der Waals surface area contributed by atoms with E-state index in [1.54, 1.807) is 23.8 Å². The number of nitrogens with zero attached hydrogens (tertiary/aromatic N) is 5. The molecule has 0 aliphatic rings. The summed E-state index contributed by atoms with van der Waals surface area (Å²) in [6.45, 7) is 0. The van der Waals surface area contributed by atoms with Crippen LogP contribution in [0.4, 0.5) is 5.82 Å². The summed E-state index contributed by atoms with van der Waals surface area (Å²) in [4.78, 5) is 16.0. The van der Waals surface area contributed by atoms with Crippen molar-refractivity contribution in [3.63, 3.8) is 0 Å². The van der Waals surface area contributed by atoms with Crippen LogP contribution in [0.5, 0.6) is 0 Å². The van der Waals surface area contributed by atoms with E-state index in [0.717, 1.165) is 6.34 Å². The molecule has 0 spiro atoms. The van der Waals surface area contributed by atoms with Crippen molar-refractivity contribution in [1.82, 2.24) is 20.4 Å². The number of aliphatic imine (C=N–C) groups is 1. The molecule has 2 aromatic heterocycles. The predicted molar refractivity (Wildman–Crippen MR) is 63.1 cm³/mol. The Kier molecular flexibility index (Phi) is 3.53. The van der Waals surface area contributed by atoms with E-state index < -0.39 is 0 Å². The Bertz CT molecular complexity index is 605. The summed E-state index contributed by atoms with van der Waals surface area (Å²) >= 11 is 0. The van der Waals surface area contributed by atoms with E-state index in [1.165, 1.54) is 6.20 Å². The summed E-state index contributed by atoms with van der Waals surface area (Å²) in [6.07, 6.45) is 4.00. The Hall–Kier alpha value is -2.85. The van der Waals surface area contributed by atoms with E-state index in [-0.39, 0.29) is 11.4 Å². The summed E-state index contributed by atoms with van der Waals surface area (Å²) in [5.41, 5.74) is 2.54. The zero-order valence-electron chi connectivity index (χ0n) is 9.15. The first-order valence-corrected chi connectivity index (χ1v) is 4.96. The van der Waals surface area contributed by atoms with Crippen LogP contribution in [0.3, 0.4) is 0 Å². The highest BCUT2D eigenvalue weighted by Gasteiger charge is 2.07. The lowest BCUT2D eigenvalue weighted by Gasteiger charge is -2.01. The van der Waals surface area contributed by atoms with Gasteiger partial charge in [-0.05, 0) is 12.1 Å². The average molecular weight is 240 g/mol. The summed E-state index contributed by atoms with van der Waals surface area (Å²) in [6, 6.07) is 7.25. The lowest BCUT2D eigenvalue weighted by Crippen LogP contribution is -2.02. The van der Waals surface area contributed by atoms with Gasteiger partial charge in [0.25, 0.3) is 0 Å². The second-order valence-electron chi connectivity index (χ2n) is 3.14. The van der Waals surface area contributed by atoms with Crippen LogP contribution in [-0.2, 0) is 0 Å². The summed E-state index contributed by atoms with van der Waals surface area (Å²) in [5.74, 6) is 0.523.